The number of nitrogens with two attached hydrogens (primary N) is 1. The quantitative estimate of drug-likeness (QED) is 0.516. The lowest BCUT2D eigenvalue weighted by Gasteiger charge is -2.22. The van der Waals surface area contributed by atoms with E-state index in [4.69, 9.17) is 5.73 Å². The Morgan fingerprint density at radius 1 is 1.10 bits per heavy atom. The molecule has 154 valence electrons. The Bertz CT molecular complexity index is 1320. The zero-order chi connectivity index (χ0) is 21.0. The molecule has 0 atom stereocenters. The van der Waals surface area contributed by atoms with Gasteiger partial charge in [-0.2, -0.15) is 0 Å². The zero-order valence-corrected chi connectivity index (χ0v) is 16.3. The van der Waals surface area contributed by atoms with Gasteiger partial charge in [-0.05, 0) is 20.0 Å². The molecule has 0 aliphatic carbocycles. The van der Waals surface area contributed by atoms with Gasteiger partial charge < -0.3 is 15.5 Å². The van der Waals surface area contributed by atoms with Gasteiger partial charge in [0.25, 0.3) is 5.91 Å². The van der Waals surface area contributed by atoms with Crippen molar-refractivity contribution in [2.24, 2.45) is 0 Å². The van der Waals surface area contributed by atoms with E-state index < -0.39 is 11.6 Å². The molecule has 5 rings (SSSR count). The van der Waals surface area contributed by atoms with Gasteiger partial charge in [0.2, 0.25) is 0 Å². The summed E-state index contributed by atoms with van der Waals surface area (Å²) < 4.78 is 29.4. The van der Waals surface area contributed by atoms with E-state index in [1.54, 1.807) is 9.30 Å². The zero-order valence-electron chi connectivity index (χ0n) is 16.3. The topological polar surface area (TPSA) is 92.6 Å². The first kappa shape index (κ1) is 18.6. The van der Waals surface area contributed by atoms with Crippen LogP contribution >= 0.6 is 0 Å². The fraction of sp³-hybridized carbons (Fsp3) is 0.300. The van der Waals surface area contributed by atoms with Crippen molar-refractivity contribution < 1.29 is 13.6 Å². The summed E-state index contributed by atoms with van der Waals surface area (Å²) in [5.74, 6) is -2.29. The van der Waals surface area contributed by atoms with E-state index in [1.165, 1.54) is 12.5 Å². The van der Waals surface area contributed by atoms with Crippen molar-refractivity contribution >= 4 is 39.3 Å². The number of carbonyl (C=O) groups is 1. The van der Waals surface area contributed by atoms with Crippen molar-refractivity contribution in [3.8, 4) is 0 Å². The molecule has 1 aliphatic heterocycles. The minimum atomic E-state index is -1.01. The average molecular weight is 411 g/mol. The molecule has 1 saturated heterocycles. The highest BCUT2D eigenvalue weighted by Gasteiger charge is 2.27. The molecule has 0 spiro atoms. The van der Waals surface area contributed by atoms with Crippen LogP contribution in [0.3, 0.4) is 0 Å². The van der Waals surface area contributed by atoms with Crippen molar-refractivity contribution in [2.45, 2.75) is 6.42 Å². The molecule has 0 bridgehead atoms. The van der Waals surface area contributed by atoms with Crippen LogP contribution in [0.5, 0.6) is 0 Å². The summed E-state index contributed by atoms with van der Waals surface area (Å²) in [6.45, 7) is 2.77. The smallest absolute Gasteiger partial charge is 0.259 e. The Morgan fingerprint density at radius 2 is 1.90 bits per heavy atom. The fourth-order valence-electron chi connectivity index (χ4n) is 4.02. The molecule has 2 N–H and O–H groups in total. The molecule has 10 heteroatoms. The van der Waals surface area contributed by atoms with Crippen LogP contribution in [0.1, 0.15) is 16.8 Å². The number of halogens is 2. The van der Waals surface area contributed by atoms with E-state index in [-0.39, 0.29) is 28.3 Å². The molecule has 1 aromatic carbocycles. The van der Waals surface area contributed by atoms with Crippen LogP contribution < -0.4 is 5.73 Å². The molecule has 8 nitrogen and oxygen atoms in total. The number of aromatic nitrogens is 4. The Morgan fingerprint density at radius 3 is 2.73 bits per heavy atom. The SMILES string of the molecule is CN1CCCN(C(=O)c2c(N)c3cncnc3n3c2nc2cc(F)c(F)cc23)CC1. The van der Waals surface area contributed by atoms with Crippen molar-refractivity contribution in [3.63, 3.8) is 0 Å². The van der Waals surface area contributed by atoms with Gasteiger partial charge in [-0.1, -0.05) is 0 Å². The van der Waals surface area contributed by atoms with Crippen molar-refractivity contribution in [2.75, 3.05) is 39.0 Å². The van der Waals surface area contributed by atoms with Gasteiger partial charge in [-0.25, -0.2) is 23.7 Å². The minimum Gasteiger partial charge on any atom is -0.397 e. The van der Waals surface area contributed by atoms with Crippen LogP contribution in [0.15, 0.2) is 24.7 Å². The molecule has 3 aromatic heterocycles. The van der Waals surface area contributed by atoms with Crippen LogP contribution in [0.4, 0.5) is 14.5 Å². The van der Waals surface area contributed by atoms with Crippen LogP contribution in [-0.2, 0) is 0 Å². The Balaban J connectivity index is 1.82. The van der Waals surface area contributed by atoms with E-state index in [9.17, 15) is 13.6 Å². The predicted molar refractivity (Wildman–Crippen MR) is 108 cm³/mol. The summed E-state index contributed by atoms with van der Waals surface area (Å²) in [4.78, 5) is 30.2. The Hall–Kier alpha value is -3.40. The third kappa shape index (κ3) is 2.75. The number of hydrogen-bond donors (Lipinski definition) is 1. The van der Waals surface area contributed by atoms with Crippen molar-refractivity contribution in [1.29, 1.82) is 0 Å². The van der Waals surface area contributed by atoms with E-state index in [1.807, 2.05) is 7.05 Å². The molecule has 1 fully saturated rings. The first-order chi connectivity index (χ1) is 14.5. The van der Waals surface area contributed by atoms with E-state index in [2.05, 4.69) is 19.9 Å². The highest BCUT2D eigenvalue weighted by Crippen LogP contribution is 2.32. The van der Waals surface area contributed by atoms with E-state index in [0.29, 0.717) is 29.6 Å². The Kier molecular flexibility index (Phi) is 4.24. The number of carbonyl (C=O) groups excluding carboxylic acids is 1. The fourth-order valence-corrected chi connectivity index (χ4v) is 4.02. The molecule has 0 saturated carbocycles. The van der Waals surface area contributed by atoms with Gasteiger partial charge in [0.1, 0.15) is 11.9 Å². The highest BCUT2D eigenvalue weighted by atomic mass is 19.2. The molecule has 4 aromatic rings. The van der Waals surface area contributed by atoms with Gasteiger partial charge in [0.05, 0.1) is 22.1 Å². The number of anilines is 1. The lowest BCUT2D eigenvalue weighted by Crippen LogP contribution is -2.35. The maximum absolute atomic E-state index is 14.0. The van der Waals surface area contributed by atoms with Crippen LogP contribution in [-0.4, -0.2) is 68.3 Å². The summed E-state index contributed by atoms with van der Waals surface area (Å²) in [7, 11) is 2.01. The summed E-state index contributed by atoms with van der Waals surface area (Å²) >= 11 is 0. The van der Waals surface area contributed by atoms with E-state index >= 15 is 0 Å². The summed E-state index contributed by atoms with van der Waals surface area (Å²) in [6.07, 6.45) is 3.68. The lowest BCUT2D eigenvalue weighted by atomic mass is 10.1. The number of pyridine rings is 1. The number of fused-ring (bicyclic) bond motifs is 5. The van der Waals surface area contributed by atoms with Crippen LogP contribution in [0.2, 0.25) is 0 Å². The summed E-state index contributed by atoms with van der Waals surface area (Å²) in [6, 6.07) is 2.06. The second kappa shape index (κ2) is 6.84. The van der Waals surface area contributed by atoms with Gasteiger partial charge in [-0.15, -0.1) is 0 Å². The Labute approximate surface area is 169 Å². The van der Waals surface area contributed by atoms with Gasteiger partial charge in [0, 0.05) is 38.0 Å². The molecule has 1 aliphatic rings. The normalized spacial score (nSPS) is 15.9. The third-order valence-corrected chi connectivity index (χ3v) is 5.60. The molecule has 30 heavy (non-hydrogen) atoms. The number of amides is 1. The average Bonchev–Trinajstić information content (AvgIpc) is 2.93. The van der Waals surface area contributed by atoms with Crippen LogP contribution in [0, 0.1) is 11.6 Å². The monoisotopic (exact) mass is 411 g/mol. The second-order valence-corrected chi connectivity index (χ2v) is 7.52. The van der Waals surface area contributed by atoms with Gasteiger partial charge >= 0.3 is 0 Å². The molecule has 0 radical (unpaired) electrons. The molecule has 4 heterocycles. The van der Waals surface area contributed by atoms with Crippen molar-refractivity contribution in [3.05, 3.63) is 41.9 Å². The minimum absolute atomic E-state index is 0.193. The predicted octanol–water partition coefficient (Wildman–Crippen LogP) is 2.07. The molecule has 0 unspecified atom stereocenters. The number of nitrogens with zero attached hydrogens (tertiary/aromatic N) is 6. The summed E-state index contributed by atoms with van der Waals surface area (Å²) in [5, 5.41) is 0.448. The maximum atomic E-state index is 14.0. The molecule has 1 amide bonds. The lowest BCUT2D eigenvalue weighted by molar-refractivity contribution is 0.0765. The number of likely N-dealkylation sites (N-methyl/N-ethyl adjacent to an activating group) is 1. The van der Waals surface area contributed by atoms with Crippen molar-refractivity contribution in [1.82, 2.24) is 29.2 Å². The standard InChI is InChI=1S/C20H19F2N7O/c1-27-3-2-4-28(6-5-27)20(30)16-17(23)11-9-24-10-25-18(11)29-15-8-13(22)12(21)7-14(15)26-19(16)29/h7-10H,2-6,23H2,1H3. The number of benzene rings is 1. The van der Waals surface area contributed by atoms with E-state index in [0.717, 1.165) is 31.6 Å². The molecular formula is C20H19F2N7O. The number of rotatable bonds is 1. The highest BCUT2D eigenvalue weighted by molar-refractivity contribution is 6.12. The number of nitrogen functional groups attached to an aromatic ring is 1. The van der Waals surface area contributed by atoms with Gasteiger partial charge in [0.15, 0.2) is 22.9 Å². The number of hydrogen-bond acceptors (Lipinski definition) is 6. The van der Waals surface area contributed by atoms with Crippen LogP contribution in [0.25, 0.3) is 27.7 Å². The largest absolute Gasteiger partial charge is 0.397 e. The number of imidazole rings is 1. The maximum Gasteiger partial charge on any atom is 0.259 e. The molecular weight excluding hydrogens is 392 g/mol. The first-order valence-electron chi connectivity index (χ1n) is 9.62. The first-order valence-corrected chi connectivity index (χ1v) is 9.62. The third-order valence-electron chi connectivity index (χ3n) is 5.60. The van der Waals surface area contributed by atoms with Gasteiger partial charge in [-0.3, -0.25) is 9.20 Å². The summed E-state index contributed by atoms with van der Waals surface area (Å²) in [5.41, 5.74) is 7.91. The second-order valence-electron chi connectivity index (χ2n) is 7.52.